The number of pyridine rings is 1. The summed E-state index contributed by atoms with van der Waals surface area (Å²) in [5, 5.41) is 9.98. The van der Waals surface area contributed by atoms with Gasteiger partial charge in [0.25, 0.3) is 0 Å². The number of aryl methyl sites for hydroxylation is 1. The Morgan fingerprint density at radius 2 is 1.83 bits per heavy atom. The number of morpholine rings is 1. The number of anilines is 2. The number of ketones is 1. The molecule has 4 N–H and O–H groups in total. The maximum Gasteiger partial charge on any atom is 0.228 e. The highest BCUT2D eigenvalue weighted by Gasteiger charge is 2.30. The summed E-state index contributed by atoms with van der Waals surface area (Å²) in [6, 6.07) is 17.6. The van der Waals surface area contributed by atoms with Gasteiger partial charge in [0.05, 0.1) is 13.2 Å². The summed E-state index contributed by atoms with van der Waals surface area (Å²) in [6.45, 7) is 5.84. The smallest absolute Gasteiger partial charge is 0.228 e. The van der Waals surface area contributed by atoms with Crippen LogP contribution in [0.4, 0.5) is 11.5 Å². The molecule has 2 aliphatic rings. The zero-order valence-electron chi connectivity index (χ0n) is 26.8. The predicted molar refractivity (Wildman–Crippen MR) is 184 cm³/mol. The summed E-state index contributed by atoms with van der Waals surface area (Å²) in [7, 11) is 0. The van der Waals surface area contributed by atoms with Crippen LogP contribution in [0.5, 0.6) is 0 Å². The molecule has 1 saturated carbocycles. The van der Waals surface area contributed by atoms with Crippen molar-refractivity contribution in [1.82, 2.24) is 20.2 Å². The molecule has 11 heteroatoms. The molecule has 10 nitrogen and oxygen atoms in total. The van der Waals surface area contributed by atoms with E-state index >= 15 is 0 Å². The van der Waals surface area contributed by atoms with E-state index in [2.05, 4.69) is 50.5 Å². The van der Waals surface area contributed by atoms with Gasteiger partial charge >= 0.3 is 0 Å². The fourth-order valence-corrected chi connectivity index (χ4v) is 6.79. The molecule has 0 unspecified atom stereocenters. The number of H-pyrrole nitrogens is 1. The number of halogens is 1. The largest absolute Gasteiger partial charge is 0.378 e. The molecule has 1 amide bonds. The highest BCUT2D eigenvalue weighted by molar-refractivity contribution is 6.28. The first-order valence-electron chi connectivity index (χ1n) is 16.5. The van der Waals surface area contributed by atoms with E-state index in [1.165, 1.54) is 0 Å². The summed E-state index contributed by atoms with van der Waals surface area (Å²) in [5.74, 6) is 1.34. The van der Waals surface area contributed by atoms with E-state index in [4.69, 9.17) is 27.1 Å². The number of carbonyl (C=O) groups is 2. The molecule has 1 saturated heterocycles. The fourth-order valence-electron chi connectivity index (χ4n) is 6.66. The molecule has 2 aromatic heterocycles. The highest BCUT2D eigenvalue weighted by atomic mass is 35.5. The van der Waals surface area contributed by atoms with Crippen molar-refractivity contribution in [3.8, 4) is 22.5 Å². The van der Waals surface area contributed by atoms with Crippen LogP contribution in [0.25, 0.3) is 22.5 Å². The van der Waals surface area contributed by atoms with Gasteiger partial charge < -0.3 is 20.7 Å². The van der Waals surface area contributed by atoms with Crippen LogP contribution >= 0.6 is 11.6 Å². The molecule has 1 aliphatic carbocycles. The third-order valence-corrected chi connectivity index (χ3v) is 9.64. The second-order valence-electron chi connectivity index (χ2n) is 12.7. The van der Waals surface area contributed by atoms with E-state index in [0.717, 1.165) is 72.4 Å². The first kappa shape index (κ1) is 32.8. The Hall–Kier alpha value is -4.12. The molecule has 4 aromatic rings. The van der Waals surface area contributed by atoms with Gasteiger partial charge in [0.2, 0.25) is 11.2 Å². The number of amides is 1. The van der Waals surface area contributed by atoms with E-state index < -0.39 is 5.92 Å². The Kier molecular flexibility index (Phi) is 10.6. The number of nitrogens with two attached hydrogens (primary N) is 1. The zero-order chi connectivity index (χ0) is 32.8. The fraction of sp³-hybridized carbons (Fsp3) is 0.417. The molecular formula is C36H42ClN7O3. The van der Waals surface area contributed by atoms with Crippen LogP contribution < -0.4 is 16.0 Å². The number of aromatic amines is 1. The molecule has 3 heterocycles. The number of aromatic nitrogens is 4. The first-order chi connectivity index (χ1) is 22.9. The van der Waals surface area contributed by atoms with E-state index in [0.29, 0.717) is 43.6 Å². The van der Waals surface area contributed by atoms with Crippen molar-refractivity contribution in [3.05, 3.63) is 77.2 Å². The van der Waals surface area contributed by atoms with E-state index in [1.807, 2.05) is 30.5 Å². The van der Waals surface area contributed by atoms with Crippen molar-refractivity contribution in [2.45, 2.75) is 45.4 Å². The summed E-state index contributed by atoms with van der Waals surface area (Å²) >= 11 is 5.88. The molecule has 2 aromatic carbocycles. The lowest BCUT2D eigenvalue weighted by molar-refractivity contribution is -0.129. The van der Waals surface area contributed by atoms with Crippen molar-refractivity contribution < 1.29 is 14.3 Å². The minimum absolute atomic E-state index is 0.0226. The maximum absolute atomic E-state index is 13.8. The van der Waals surface area contributed by atoms with Crippen LogP contribution in [-0.2, 0) is 20.7 Å². The van der Waals surface area contributed by atoms with Gasteiger partial charge in [0, 0.05) is 54.4 Å². The predicted octanol–water partition coefficient (Wildman–Crippen LogP) is 5.85. The summed E-state index contributed by atoms with van der Waals surface area (Å²) in [5.41, 5.74) is 11.5. The number of rotatable bonds is 11. The van der Waals surface area contributed by atoms with Crippen molar-refractivity contribution in [1.29, 1.82) is 0 Å². The van der Waals surface area contributed by atoms with Gasteiger partial charge in [-0.3, -0.25) is 9.59 Å². The standard InChI is InChI=1S/C36H42ClN7O3/c1-23-17-33(44-13-15-47-16-14-44)39-22-31(23)28-4-2-3-25(18-28)19-29(20-32(45)26-7-5-24(21-38)6-8-26)35(46)40-30-11-9-27(10-12-30)34-41-36(37)43-42-34/h2-4,9-12,17-18,22,24,26,29H,5-8,13-16,19-21,38H2,1H3,(H,40,46)(H,41,42,43)/t24?,26?,29-/m1/s1. The number of nitrogens with zero attached hydrogens (tertiary/aromatic N) is 4. The third-order valence-electron chi connectivity index (χ3n) is 9.47. The molecular weight excluding hydrogens is 614 g/mol. The number of hydrogen-bond acceptors (Lipinski definition) is 8. The van der Waals surface area contributed by atoms with Crippen molar-refractivity contribution >= 4 is 34.8 Å². The van der Waals surface area contributed by atoms with Gasteiger partial charge in [-0.2, -0.15) is 10.1 Å². The topological polar surface area (TPSA) is 139 Å². The van der Waals surface area contributed by atoms with Crippen molar-refractivity contribution in [2.24, 2.45) is 23.5 Å². The van der Waals surface area contributed by atoms with Crippen LogP contribution in [0, 0.1) is 24.7 Å². The summed E-state index contributed by atoms with van der Waals surface area (Å²) in [6.07, 6.45) is 6.17. The number of nitrogens with one attached hydrogen (secondary N) is 2. The molecule has 0 bridgehead atoms. The van der Waals surface area contributed by atoms with Gasteiger partial charge in [-0.1, -0.05) is 24.3 Å². The van der Waals surface area contributed by atoms with Crippen LogP contribution in [0.15, 0.2) is 60.8 Å². The number of carbonyl (C=O) groups excluding carboxylic acids is 2. The molecule has 1 aliphatic heterocycles. The van der Waals surface area contributed by atoms with Gasteiger partial charge in [-0.25, -0.2) is 10.1 Å². The summed E-state index contributed by atoms with van der Waals surface area (Å²) in [4.78, 5) is 38.6. The van der Waals surface area contributed by atoms with Crippen LogP contribution in [0.2, 0.25) is 5.28 Å². The average molecular weight is 656 g/mol. The van der Waals surface area contributed by atoms with Crippen LogP contribution in [0.3, 0.4) is 0 Å². The lowest BCUT2D eigenvalue weighted by Crippen LogP contribution is -2.36. The molecule has 6 rings (SSSR count). The molecule has 0 spiro atoms. The van der Waals surface area contributed by atoms with Crippen molar-refractivity contribution in [3.63, 3.8) is 0 Å². The Balaban J connectivity index is 1.19. The molecule has 47 heavy (non-hydrogen) atoms. The summed E-state index contributed by atoms with van der Waals surface area (Å²) < 4.78 is 5.50. The normalized spacial score (nSPS) is 18.9. The van der Waals surface area contributed by atoms with Gasteiger partial charge in [0.1, 0.15) is 11.6 Å². The second-order valence-corrected chi connectivity index (χ2v) is 13.1. The third kappa shape index (κ3) is 8.25. The Morgan fingerprint density at radius 1 is 1.06 bits per heavy atom. The van der Waals surface area contributed by atoms with Crippen molar-refractivity contribution in [2.75, 3.05) is 43.1 Å². The minimum atomic E-state index is -0.528. The molecule has 2 fully saturated rings. The van der Waals surface area contributed by atoms with E-state index in [1.54, 1.807) is 12.1 Å². The highest BCUT2D eigenvalue weighted by Crippen LogP contribution is 2.32. The van der Waals surface area contributed by atoms with Crippen LogP contribution in [-0.4, -0.2) is 64.7 Å². The molecule has 1 atom stereocenters. The van der Waals surface area contributed by atoms with Crippen LogP contribution in [0.1, 0.15) is 43.2 Å². The Morgan fingerprint density at radius 3 is 2.51 bits per heavy atom. The SMILES string of the molecule is Cc1cc(N2CCOCC2)ncc1-c1cccc(C[C@H](CC(=O)C2CCC(CN)CC2)C(=O)Nc2ccc(-c3n[nH]c(Cl)n3)cc2)c1. The lowest BCUT2D eigenvalue weighted by atomic mass is 9.77. The number of Topliss-reactive ketones (excluding diaryl/α,β-unsaturated/α-hetero) is 1. The molecule has 246 valence electrons. The lowest BCUT2D eigenvalue weighted by Gasteiger charge is -2.28. The van der Waals surface area contributed by atoms with E-state index in [9.17, 15) is 9.59 Å². The maximum atomic E-state index is 13.8. The zero-order valence-corrected chi connectivity index (χ0v) is 27.5. The minimum Gasteiger partial charge on any atom is -0.378 e. The molecule has 0 radical (unpaired) electrons. The Labute approximate surface area is 280 Å². The average Bonchev–Trinajstić information content (AvgIpc) is 3.54. The van der Waals surface area contributed by atoms with Gasteiger partial charge in [0.15, 0.2) is 5.82 Å². The number of benzene rings is 2. The Bertz CT molecular complexity index is 1680. The van der Waals surface area contributed by atoms with Gasteiger partial charge in [-0.05, 0) is 110 Å². The van der Waals surface area contributed by atoms with E-state index in [-0.39, 0.29) is 29.3 Å². The second kappa shape index (κ2) is 15.2. The number of hydrogen-bond donors (Lipinski definition) is 3. The number of ether oxygens (including phenoxy) is 1. The quantitative estimate of drug-likeness (QED) is 0.183. The first-order valence-corrected chi connectivity index (χ1v) is 16.8. The van der Waals surface area contributed by atoms with Gasteiger partial charge in [-0.15, -0.1) is 0 Å². The monoisotopic (exact) mass is 655 g/mol.